The number of carbonyl (C=O) groups is 1. The molecule has 0 aliphatic heterocycles. The van der Waals surface area contributed by atoms with Crippen LogP contribution in [0.4, 0.5) is 5.82 Å². The van der Waals surface area contributed by atoms with Crippen LogP contribution < -0.4 is 10.1 Å². The number of carbonyl (C=O) groups excluding carboxylic acids is 1. The molecule has 31 heavy (non-hydrogen) atoms. The monoisotopic (exact) mass is 472 g/mol. The van der Waals surface area contributed by atoms with Gasteiger partial charge in [0.2, 0.25) is 5.91 Å². The van der Waals surface area contributed by atoms with E-state index in [9.17, 15) is 4.79 Å². The number of rotatable bonds is 6. The first-order valence-electron chi connectivity index (χ1n) is 9.36. The molecule has 0 saturated heterocycles. The molecular formula is C22H18Cl2N4O2S. The van der Waals surface area contributed by atoms with E-state index in [1.54, 1.807) is 7.11 Å². The maximum atomic E-state index is 12.8. The number of pyridine rings is 1. The van der Waals surface area contributed by atoms with E-state index in [0.29, 0.717) is 10.2 Å². The predicted molar refractivity (Wildman–Crippen MR) is 126 cm³/mol. The lowest BCUT2D eigenvalue weighted by molar-refractivity contribution is -0.115. The van der Waals surface area contributed by atoms with E-state index in [1.807, 2.05) is 60.0 Å². The minimum atomic E-state index is -0.456. The van der Waals surface area contributed by atoms with Crippen LogP contribution >= 0.6 is 35.0 Å². The van der Waals surface area contributed by atoms with E-state index in [1.165, 1.54) is 24.0 Å². The summed E-state index contributed by atoms with van der Waals surface area (Å²) in [4.78, 5) is 21.6. The van der Waals surface area contributed by atoms with Crippen LogP contribution in [-0.4, -0.2) is 32.8 Å². The van der Waals surface area contributed by atoms with Crippen molar-refractivity contribution in [1.82, 2.24) is 14.5 Å². The first kappa shape index (κ1) is 21.5. The number of thioether (sulfide) groups is 1. The van der Waals surface area contributed by atoms with Gasteiger partial charge in [0.05, 0.1) is 33.4 Å². The SMILES string of the molecule is COc1ccc(-n2c(S[C@@H](C)C(=O)Nc3ncc(Cl)cc3Cl)nc3ccccc32)cc1. The molecule has 1 amide bonds. The third-order valence-electron chi connectivity index (χ3n) is 4.56. The smallest absolute Gasteiger partial charge is 0.238 e. The van der Waals surface area contributed by atoms with Gasteiger partial charge in [0.25, 0.3) is 0 Å². The maximum absolute atomic E-state index is 12.8. The van der Waals surface area contributed by atoms with Crippen LogP contribution in [0.5, 0.6) is 5.75 Å². The van der Waals surface area contributed by atoms with Gasteiger partial charge in [-0.3, -0.25) is 9.36 Å². The Morgan fingerprint density at radius 2 is 1.90 bits per heavy atom. The van der Waals surface area contributed by atoms with Crippen LogP contribution in [0.2, 0.25) is 10.0 Å². The van der Waals surface area contributed by atoms with Gasteiger partial charge in [-0.1, -0.05) is 47.1 Å². The molecule has 4 aromatic rings. The molecule has 2 heterocycles. The van der Waals surface area contributed by atoms with Crippen LogP contribution in [0.15, 0.2) is 66.0 Å². The summed E-state index contributed by atoms with van der Waals surface area (Å²) in [7, 11) is 1.63. The second-order valence-corrected chi connectivity index (χ2v) is 8.80. The highest BCUT2D eigenvalue weighted by molar-refractivity contribution is 8.00. The summed E-state index contributed by atoms with van der Waals surface area (Å²) < 4.78 is 7.29. The summed E-state index contributed by atoms with van der Waals surface area (Å²) in [6.45, 7) is 1.81. The molecule has 0 radical (unpaired) electrons. The normalized spacial score (nSPS) is 12.0. The second kappa shape index (κ2) is 9.18. The number of benzene rings is 2. The van der Waals surface area contributed by atoms with Crippen molar-refractivity contribution in [3.8, 4) is 11.4 Å². The number of fused-ring (bicyclic) bond motifs is 1. The zero-order chi connectivity index (χ0) is 22.0. The molecule has 0 aliphatic carbocycles. The number of amides is 1. The number of halogens is 2. The van der Waals surface area contributed by atoms with E-state index < -0.39 is 5.25 Å². The Bertz CT molecular complexity index is 1240. The lowest BCUT2D eigenvalue weighted by Crippen LogP contribution is -2.23. The fraction of sp³-hybridized carbons (Fsp3) is 0.136. The number of aromatic nitrogens is 3. The first-order valence-corrected chi connectivity index (χ1v) is 11.0. The minimum Gasteiger partial charge on any atom is -0.497 e. The van der Waals surface area contributed by atoms with Crippen molar-refractivity contribution in [2.45, 2.75) is 17.3 Å². The Morgan fingerprint density at radius 3 is 2.61 bits per heavy atom. The molecular weight excluding hydrogens is 455 g/mol. The van der Waals surface area contributed by atoms with Crippen LogP contribution in [0.1, 0.15) is 6.92 Å². The molecule has 0 unspecified atom stereocenters. The third-order valence-corrected chi connectivity index (χ3v) is 6.11. The van der Waals surface area contributed by atoms with Crippen molar-refractivity contribution in [3.63, 3.8) is 0 Å². The number of nitrogens with one attached hydrogen (secondary N) is 1. The van der Waals surface area contributed by atoms with Crippen molar-refractivity contribution in [2.24, 2.45) is 0 Å². The highest BCUT2D eigenvalue weighted by Gasteiger charge is 2.21. The lowest BCUT2D eigenvalue weighted by Gasteiger charge is -2.14. The lowest BCUT2D eigenvalue weighted by atomic mass is 10.2. The average Bonchev–Trinajstić information content (AvgIpc) is 3.13. The van der Waals surface area contributed by atoms with Crippen molar-refractivity contribution >= 4 is 57.7 Å². The molecule has 9 heteroatoms. The van der Waals surface area contributed by atoms with Crippen molar-refractivity contribution in [1.29, 1.82) is 0 Å². The van der Waals surface area contributed by atoms with Crippen LogP contribution in [-0.2, 0) is 4.79 Å². The number of anilines is 1. The zero-order valence-electron chi connectivity index (χ0n) is 16.7. The van der Waals surface area contributed by atoms with E-state index in [-0.39, 0.29) is 16.7 Å². The summed E-state index contributed by atoms with van der Waals surface area (Å²) in [5, 5.41) is 3.68. The van der Waals surface area contributed by atoms with Gasteiger partial charge in [-0.2, -0.15) is 0 Å². The number of para-hydroxylation sites is 2. The molecule has 2 aromatic carbocycles. The zero-order valence-corrected chi connectivity index (χ0v) is 19.0. The van der Waals surface area contributed by atoms with Gasteiger partial charge in [-0.25, -0.2) is 9.97 Å². The Hall–Kier alpha value is -2.74. The van der Waals surface area contributed by atoms with Gasteiger partial charge in [0.1, 0.15) is 5.75 Å². The Balaban J connectivity index is 1.63. The molecule has 158 valence electrons. The standard InChI is InChI=1S/C22H18Cl2N4O2S/c1-13(21(29)27-20-17(24)11-14(23)12-25-20)31-22-26-18-5-3-4-6-19(18)28(22)15-7-9-16(30-2)10-8-15/h3-13H,1-2H3,(H,25,27,29)/t13-/m0/s1. The number of nitrogens with zero attached hydrogens (tertiary/aromatic N) is 3. The maximum Gasteiger partial charge on any atom is 0.238 e. The van der Waals surface area contributed by atoms with Gasteiger partial charge < -0.3 is 10.1 Å². The Morgan fingerprint density at radius 1 is 1.16 bits per heavy atom. The number of hydrogen-bond acceptors (Lipinski definition) is 5. The van der Waals surface area contributed by atoms with Crippen LogP contribution in [0.3, 0.4) is 0 Å². The molecule has 0 aliphatic rings. The minimum absolute atomic E-state index is 0.241. The molecule has 6 nitrogen and oxygen atoms in total. The van der Waals surface area contributed by atoms with Gasteiger partial charge in [-0.15, -0.1) is 0 Å². The summed E-state index contributed by atoms with van der Waals surface area (Å²) in [5.74, 6) is 0.796. The quantitative estimate of drug-likeness (QED) is 0.356. The van der Waals surface area contributed by atoms with Crippen molar-refractivity contribution in [3.05, 3.63) is 70.8 Å². The summed E-state index contributed by atoms with van der Waals surface area (Å²) >= 11 is 13.3. The van der Waals surface area contributed by atoms with E-state index in [0.717, 1.165) is 22.5 Å². The number of ether oxygens (including phenoxy) is 1. The molecule has 1 atom stereocenters. The molecule has 0 fully saturated rings. The second-order valence-electron chi connectivity index (χ2n) is 6.65. The fourth-order valence-electron chi connectivity index (χ4n) is 3.00. The number of imidazole rings is 1. The summed E-state index contributed by atoms with van der Waals surface area (Å²) in [5.41, 5.74) is 2.72. The van der Waals surface area contributed by atoms with Gasteiger partial charge in [0.15, 0.2) is 11.0 Å². The van der Waals surface area contributed by atoms with Gasteiger partial charge >= 0.3 is 0 Å². The highest BCUT2D eigenvalue weighted by Crippen LogP contribution is 2.32. The van der Waals surface area contributed by atoms with E-state index in [4.69, 9.17) is 32.9 Å². The fourth-order valence-corrected chi connectivity index (χ4v) is 4.37. The van der Waals surface area contributed by atoms with Crippen molar-refractivity contribution in [2.75, 3.05) is 12.4 Å². The topological polar surface area (TPSA) is 69.0 Å². The first-order chi connectivity index (χ1) is 15.0. The molecule has 0 saturated carbocycles. The van der Waals surface area contributed by atoms with Gasteiger partial charge in [-0.05, 0) is 49.4 Å². The molecule has 4 rings (SSSR count). The number of methoxy groups -OCH3 is 1. The third kappa shape index (κ3) is 4.63. The molecule has 2 aromatic heterocycles. The van der Waals surface area contributed by atoms with Crippen LogP contribution in [0, 0.1) is 0 Å². The summed E-state index contributed by atoms with van der Waals surface area (Å²) in [6, 6.07) is 17.1. The summed E-state index contributed by atoms with van der Waals surface area (Å²) in [6.07, 6.45) is 1.43. The average molecular weight is 473 g/mol. The van der Waals surface area contributed by atoms with E-state index in [2.05, 4.69) is 10.3 Å². The van der Waals surface area contributed by atoms with E-state index >= 15 is 0 Å². The van der Waals surface area contributed by atoms with Crippen LogP contribution in [0.25, 0.3) is 16.7 Å². The molecule has 0 bridgehead atoms. The van der Waals surface area contributed by atoms with Gasteiger partial charge in [0, 0.05) is 11.9 Å². The predicted octanol–water partition coefficient (Wildman–Crippen LogP) is 5.86. The Kier molecular flexibility index (Phi) is 6.36. The largest absolute Gasteiger partial charge is 0.497 e. The Labute approximate surface area is 193 Å². The number of hydrogen-bond donors (Lipinski definition) is 1. The molecule has 0 spiro atoms. The molecule has 1 N–H and O–H groups in total. The van der Waals surface area contributed by atoms with Crippen molar-refractivity contribution < 1.29 is 9.53 Å². The highest BCUT2D eigenvalue weighted by atomic mass is 35.5.